The molecule has 3 aromatic heterocycles. The number of fused-ring (bicyclic) bond motifs is 2. The molecule has 0 N–H and O–H groups in total. The van der Waals surface area contributed by atoms with Crippen molar-refractivity contribution in [2.24, 2.45) is 0 Å². The Morgan fingerprint density at radius 1 is 1.13 bits per heavy atom. The van der Waals surface area contributed by atoms with Crippen LogP contribution in [0.15, 0.2) is 49.1 Å². The zero-order valence-corrected chi connectivity index (χ0v) is 16.7. The summed E-state index contributed by atoms with van der Waals surface area (Å²) in [6.07, 6.45) is 8.26. The van der Waals surface area contributed by atoms with E-state index in [2.05, 4.69) is 21.2 Å². The summed E-state index contributed by atoms with van der Waals surface area (Å²) in [7, 11) is 0. The van der Waals surface area contributed by atoms with Crippen molar-refractivity contribution in [3.8, 4) is 16.9 Å². The molecule has 0 fully saturated rings. The van der Waals surface area contributed by atoms with E-state index in [0.29, 0.717) is 12.1 Å². The second-order valence-electron chi connectivity index (χ2n) is 7.31. The molecule has 4 aromatic rings. The van der Waals surface area contributed by atoms with Gasteiger partial charge in [-0.25, -0.2) is 4.98 Å². The average molecular weight is 399 g/mol. The van der Waals surface area contributed by atoms with Crippen molar-refractivity contribution in [1.82, 2.24) is 24.6 Å². The minimum absolute atomic E-state index is 0.0282. The van der Waals surface area contributed by atoms with Gasteiger partial charge in [0.2, 0.25) is 0 Å². The van der Waals surface area contributed by atoms with Gasteiger partial charge in [-0.05, 0) is 24.1 Å². The van der Waals surface area contributed by atoms with Crippen molar-refractivity contribution in [3.63, 3.8) is 0 Å². The molecule has 0 radical (unpaired) electrons. The van der Waals surface area contributed by atoms with Crippen LogP contribution in [0, 0.1) is 0 Å². The highest BCUT2D eigenvalue weighted by Gasteiger charge is 2.17. The molecular formula is C23H21N5O2. The summed E-state index contributed by atoms with van der Waals surface area (Å²) in [5.74, 6) is 1.93. The standard InChI is InChI=1S/C23H21N5O2/c1-2-20(29)19-8-6-16(12-24-19)18-13-25-22(28-14-26-27-23(18)28)9-7-15-4-3-5-21-17(15)10-11-30-21/h3-6,8,12-14H,2,7,9-11H2,1H3. The quantitative estimate of drug-likeness (QED) is 0.462. The van der Waals surface area contributed by atoms with Gasteiger partial charge in [0, 0.05) is 48.3 Å². The van der Waals surface area contributed by atoms with Crippen LogP contribution in [0.1, 0.15) is 40.8 Å². The van der Waals surface area contributed by atoms with Crippen LogP contribution in [-0.2, 0) is 19.3 Å². The Bertz CT molecular complexity index is 1230. The molecule has 4 heterocycles. The van der Waals surface area contributed by atoms with E-state index in [-0.39, 0.29) is 5.78 Å². The molecule has 0 amide bonds. The third-order valence-electron chi connectivity index (χ3n) is 5.55. The maximum absolute atomic E-state index is 11.8. The number of hydrogen-bond acceptors (Lipinski definition) is 6. The molecule has 150 valence electrons. The van der Waals surface area contributed by atoms with Gasteiger partial charge in [0.15, 0.2) is 11.4 Å². The summed E-state index contributed by atoms with van der Waals surface area (Å²) in [6, 6.07) is 9.87. The Balaban J connectivity index is 1.43. The van der Waals surface area contributed by atoms with Crippen LogP contribution in [0.2, 0.25) is 0 Å². The lowest BCUT2D eigenvalue weighted by Crippen LogP contribution is -2.05. The molecule has 0 aliphatic carbocycles. The van der Waals surface area contributed by atoms with Crippen molar-refractivity contribution in [2.45, 2.75) is 32.6 Å². The Labute approximate surface area is 173 Å². The number of pyridine rings is 1. The van der Waals surface area contributed by atoms with Crippen LogP contribution in [-0.4, -0.2) is 37.0 Å². The number of benzene rings is 1. The van der Waals surface area contributed by atoms with E-state index in [1.54, 1.807) is 18.6 Å². The highest BCUT2D eigenvalue weighted by Crippen LogP contribution is 2.29. The van der Waals surface area contributed by atoms with Crippen LogP contribution in [0.5, 0.6) is 5.75 Å². The first-order valence-corrected chi connectivity index (χ1v) is 10.2. The molecule has 0 atom stereocenters. The van der Waals surface area contributed by atoms with E-state index in [0.717, 1.165) is 54.2 Å². The topological polar surface area (TPSA) is 82.3 Å². The number of Topliss-reactive ketones (excluding diaryl/α,β-unsaturated/α-hetero) is 1. The van der Waals surface area contributed by atoms with Crippen LogP contribution >= 0.6 is 0 Å². The van der Waals surface area contributed by atoms with Gasteiger partial charge in [-0.15, -0.1) is 10.2 Å². The normalized spacial score (nSPS) is 12.7. The second-order valence-corrected chi connectivity index (χ2v) is 7.31. The molecule has 0 spiro atoms. The fourth-order valence-corrected chi connectivity index (χ4v) is 3.93. The first-order chi connectivity index (χ1) is 14.7. The first-order valence-electron chi connectivity index (χ1n) is 10.2. The number of nitrogens with zero attached hydrogens (tertiary/aromatic N) is 5. The van der Waals surface area contributed by atoms with Crippen LogP contribution in [0.4, 0.5) is 0 Å². The number of aromatic nitrogens is 5. The Kier molecular flexibility index (Phi) is 4.71. The fourth-order valence-electron chi connectivity index (χ4n) is 3.93. The summed E-state index contributed by atoms with van der Waals surface area (Å²) in [5, 5.41) is 8.40. The minimum Gasteiger partial charge on any atom is -0.493 e. The molecule has 7 heteroatoms. The monoisotopic (exact) mass is 399 g/mol. The van der Waals surface area contributed by atoms with E-state index < -0.39 is 0 Å². The first kappa shape index (κ1) is 18.4. The molecule has 30 heavy (non-hydrogen) atoms. The van der Waals surface area contributed by atoms with Gasteiger partial charge in [-0.2, -0.15) is 0 Å². The number of aryl methyl sites for hydroxylation is 2. The molecule has 0 unspecified atom stereocenters. The Morgan fingerprint density at radius 2 is 2.07 bits per heavy atom. The number of rotatable bonds is 6. The number of ether oxygens (including phenoxy) is 1. The zero-order valence-electron chi connectivity index (χ0n) is 16.7. The lowest BCUT2D eigenvalue weighted by molar-refractivity contribution is 0.0983. The van der Waals surface area contributed by atoms with E-state index in [1.807, 2.05) is 35.7 Å². The predicted molar refractivity (Wildman–Crippen MR) is 112 cm³/mol. The summed E-state index contributed by atoms with van der Waals surface area (Å²) < 4.78 is 7.61. The molecule has 7 nitrogen and oxygen atoms in total. The van der Waals surface area contributed by atoms with E-state index >= 15 is 0 Å². The molecule has 0 saturated heterocycles. The number of hydrogen-bond donors (Lipinski definition) is 0. The molecule has 1 aromatic carbocycles. The van der Waals surface area contributed by atoms with Crippen molar-refractivity contribution >= 4 is 11.4 Å². The molecule has 5 rings (SSSR count). The lowest BCUT2D eigenvalue weighted by Gasteiger charge is -2.10. The average Bonchev–Trinajstić information content (AvgIpc) is 3.47. The lowest BCUT2D eigenvalue weighted by atomic mass is 10.0. The van der Waals surface area contributed by atoms with Gasteiger partial charge in [-0.3, -0.25) is 14.2 Å². The largest absolute Gasteiger partial charge is 0.493 e. The molecule has 1 aliphatic heterocycles. The van der Waals surface area contributed by atoms with Crippen LogP contribution in [0.3, 0.4) is 0 Å². The van der Waals surface area contributed by atoms with Crippen molar-refractivity contribution in [1.29, 1.82) is 0 Å². The fraction of sp³-hybridized carbons (Fsp3) is 0.261. The van der Waals surface area contributed by atoms with Crippen molar-refractivity contribution in [3.05, 3.63) is 71.7 Å². The third-order valence-corrected chi connectivity index (χ3v) is 5.55. The summed E-state index contributed by atoms with van der Waals surface area (Å²) in [4.78, 5) is 20.8. The van der Waals surface area contributed by atoms with Gasteiger partial charge in [0.05, 0.1) is 6.61 Å². The molecular weight excluding hydrogens is 378 g/mol. The van der Waals surface area contributed by atoms with Crippen molar-refractivity contribution in [2.75, 3.05) is 6.61 Å². The van der Waals surface area contributed by atoms with Crippen LogP contribution in [0.25, 0.3) is 16.8 Å². The summed E-state index contributed by atoms with van der Waals surface area (Å²) in [6.45, 7) is 2.59. The molecule has 0 bridgehead atoms. The van der Waals surface area contributed by atoms with E-state index in [1.165, 1.54) is 11.1 Å². The maximum atomic E-state index is 11.8. The van der Waals surface area contributed by atoms with Crippen molar-refractivity contribution < 1.29 is 9.53 Å². The van der Waals surface area contributed by atoms with Gasteiger partial charge in [-0.1, -0.05) is 25.1 Å². The third kappa shape index (κ3) is 3.22. The van der Waals surface area contributed by atoms with Gasteiger partial charge >= 0.3 is 0 Å². The number of carbonyl (C=O) groups is 1. The number of ketones is 1. The Morgan fingerprint density at radius 3 is 2.90 bits per heavy atom. The number of carbonyl (C=O) groups excluding carboxylic acids is 1. The second kappa shape index (κ2) is 7.67. The van der Waals surface area contributed by atoms with Gasteiger partial charge < -0.3 is 4.74 Å². The van der Waals surface area contributed by atoms with E-state index in [9.17, 15) is 4.79 Å². The molecule has 1 aliphatic rings. The maximum Gasteiger partial charge on any atom is 0.180 e. The molecule has 0 saturated carbocycles. The minimum atomic E-state index is 0.0282. The Hall–Kier alpha value is -3.61. The predicted octanol–water partition coefficient (Wildman–Crippen LogP) is 3.50. The van der Waals surface area contributed by atoms with Crippen LogP contribution < -0.4 is 4.74 Å². The highest BCUT2D eigenvalue weighted by molar-refractivity contribution is 5.94. The smallest absolute Gasteiger partial charge is 0.180 e. The summed E-state index contributed by atoms with van der Waals surface area (Å²) >= 11 is 0. The van der Waals surface area contributed by atoms with Gasteiger partial charge in [0.25, 0.3) is 0 Å². The SMILES string of the molecule is CCC(=O)c1ccc(-c2cnc(CCc3cccc4c3CCO4)n3cnnc23)cn1. The summed E-state index contributed by atoms with van der Waals surface area (Å²) in [5.41, 5.74) is 5.52. The zero-order chi connectivity index (χ0) is 20.5. The van der Waals surface area contributed by atoms with E-state index in [4.69, 9.17) is 9.72 Å². The van der Waals surface area contributed by atoms with Gasteiger partial charge in [0.1, 0.15) is 23.6 Å². The highest BCUT2D eigenvalue weighted by atomic mass is 16.5.